The number of anilines is 1. The van der Waals surface area contributed by atoms with Crippen LogP contribution in [0.5, 0.6) is 0 Å². The fraction of sp³-hybridized carbons (Fsp3) is 0.667. The lowest BCUT2D eigenvalue weighted by atomic mass is 10.0. The summed E-state index contributed by atoms with van der Waals surface area (Å²) in [6.07, 6.45) is 2.34. The van der Waals surface area contributed by atoms with Gasteiger partial charge in [0.2, 0.25) is 0 Å². The van der Waals surface area contributed by atoms with Gasteiger partial charge in [0.25, 0.3) is 0 Å². The predicted molar refractivity (Wildman–Crippen MR) is 71.0 cm³/mol. The number of nitrogens with zero attached hydrogens (tertiary/aromatic N) is 3. The molecule has 0 spiro atoms. The van der Waals surface area contributed by atoms with Crippen LogP contribution in [-0.2, 0) is 0 Å². The number of Topliss-reactive ketones (excluding diaryl/α,β-unsaturated/α-hetero) is 1. The van der Waals surface area contributed by atoms with Gasteiger partial charge in [0.15, 0.2) is 10.9 Å². The van der Waals surface area contributed by atoms with E-state index in [1.54, 1.807) is 18.3 Å². The number of ketones is 1. The van der Waals surface area contributed by atoms with E-state index in [0.717, 1.165) is 18.2 Å². The molecular formula is C12H19N3OS. The first-order valence-corrected chi connectivity index (χ1v) is 6.83. The topological polar surface area (TPSA) is 36.4 Å². The maximum Gasteiger partial charge on any atom is 0.185 e. The summed E-state index contributed by atoms with van der Waals surface area (Å²) in [4.78, 5) is 20.2. The summed E-state index contributed by atoms with van der Waals surface area (Å²) >= 11 is 1.56. The van der Waals surface area contributed by atoms with Gasteiger partial charge in [-0.25, -0.2) is 4.98 Å². The highest BCUT2D eigenvalue weighted by Gasteiger charge is 2.22. The van der Waals surface area contributed by atoms with Gasteiger partial charge in [0.05, 0.1) is 0 Å². The van der Waals surface area contributed by atoms with Crippen LogP contribution in [0.15, 0.2) is 5.38 Å². The fourth-order valence-electron chi connectivity index (χ4n) is 2.13. The van der Waals surface area contributed by atoms with E-state index in [1.807, 2.05) is 5.38 Å². The molecule has 0 N–H and O–H groups in total. The molecule has 1 aromatic rings. The minimum absolute atomic E-state index is 0.0456. The SMILES string of the molecule is CC(=O)c1csc(N(C)C2CCN(C)CC2)n1. The smallest absolute Gasteiger partial charge is 0.185 e. The number of thiazole rings is 1. The summed E-state index contributed by atoms with van der Waals surface area (Å²) in [5.74, 6) is 0.0456. The van der Waals surface area contributed by atoms with Crippen LogP contribution in [0.25, 0.3) is 0 Å². The van der Waals surface area contributed by atoms with Crippen LogP contribution in [0.2, 0.25) is 0 Å². The van der Waals surface area contributed by atoms with Crippen molar-refractivity contribution in [1.29, 1.82) is 0 Å². The highest BCUT2D eigenvalue weighted by molar-refractivity contribution is 7.13. The number of carbonyl (C=O) groups excluding carboxylic acids is 1. The Morgan fingerprint density at radius 1 is 1.53 bits per heavy atom. The molecule has 0 aromatic carbocycles. The van der Waals surface area contributed by atoms with Gasteiger partial charge < -0.3 is 9.80 Å². The molecule has 17 heavy (non-hydrogen) atoms. The maximum atomic E-state index is 11.2. The third-order valence-electron chi connectivity index (χ3n) is 3.39. The summed E-state index contributed by atoms with van der Waals surface area (Å²) in [6.45, 7) is 3.84. The molecular weight excluding hydrogens is 234 g/mol. The second-order valence-electron chi connectivity index (χ2n) is 4.72. The van der Waals surface area contributed by atoms with Crippen molar-refractivity contribution >= 4 is 22.3 Å². The van der Waals surface area contributed by atoms with Crippen LogP contribution in [0.3, 0.4) is 0 Å². The molecule has 2 rings (SSSR count). The Morgan fingerprint density at radius 2 is 2.18 bits per heavy atom. The summed E-state index contributed by atoms with van der Waals surface area (Å²) in [6, 6.07) is 0.553. The molecule has 0 radical (unpaired) electrons. The molecule has 0 amide bonds. The number of rotatable bonds is 3. The van der Waals surface area contributed by atoms with Crippen LogP contribution in [0, 0.1) is 0 Å². The molecule has 1 fully saturated rings. The Kier molecular flexibility index (Phi) is 3.79. The van der Waals surface area contributed by atoms with Crippen molar-refractivity contribution in [3.63, 3.8) is 0 Å². The first-order chi connectivity index (χ1) is 8.08. The molecule has 0 saturated carbocycles. The molecule has 1 aromatic heterocycles. The average molecular weight is 253 g/mol. The largest absolute Gasteiger partial charge is 0.348 e. The normalized spacial score (nSPS) is 18.3. The van der Waals surface area contributed by atoms with Crippen molar-refractivity contribution in [2.45, 2.75) is 25.8 Å². The van der Waals surface area contributed by atoms with Crippen LogP contribution in [-0.4, -0.2) is 48.9 Å². The molecule has 0 bridgehead atoms. The van der Waals surface area contributed by atoms with Gasteiger partial charge in [-0.2, -0.15) is 0 Å². The van der Waals surface area contributed by atoms with Crippen molar-refractivity contribution in [1.82, 2.24) is 9.88 Å². The zero-order valence-electron chi connectivity index (χ0n) is 10.6. The monoisotopic (exact) mass is 253 g/mol. The minimum atomic E-state index is 0.0456. The lowest BCUT2D eigenvalue weighted by Gasteiger charge is -2.34. The van der Waals surface area contributed by atoms with E-state index in [9.17, 15) is 4.79 Å². The highest BCUT2D eigenvalue weighted by Crippen LogP contribution is 2.25. The summed E-state index contributed by atoms with van der Waals surface area (Å²) in [7, 11) is 4.24. The van der Waals surface area contributed by atoms with Crippen molar-refractivity contribution in [3.05, 3.63) is 11.1 Å². The molecule has 1 aliphatic heterocycles. The Balaban J connectivity index is 2.03. The van der Waals surface area contributed by atoms with Crippen LogP contribution in [0.4, 0.5) is 5.13 Å². The van der Waals surface area contributed by atoms with E-state index in [-0.39, 0.29) is 5.78 Å². The molecule has 0 atom stereocenters. The van der Waals surface area contributed by atoms with Gasteiger partial charge in [-0.15, -0.1) is 11.3 Å². The Hall–Kier alpha value is -0.940. The van der Waals surface area contributed by atoms with E-state index >= 15 is 0 Å². The van der Waals surface area contributed by atoms with Crippen LogP contribution >= 0.6 is 11.3 Å². The van der Waals surface area contributed by atoms with Crippen molar-refractivity contribution in [2.24, 2.45) is 0 Å². The van der Waals surface area contributed by atoms with Crippen LogP contribution < -0.4 is 4.90 Å². The zero-order valence-corrected chi connectivity index (χ0v) is 11.5. The molecule has 0 aliphatic carbocycles. The average Bonchev–Trinajstić information content (AvgIpc) is 2.78. The second kappa shape index (κ2) is 5.14. The molecule has 94 valence electrons. The number of likely N-dealkylation sites (tertiary alicyclic amines) is 1. The van der Waals surface area contributed by atoms with Crippen molar-refractivity contribution in [3.8, 4) is 0 Å². The van der Waals surface area contributed by atoms with Gasteiger partial charge in [0.1, 0.15) is 5.69 Å². The van der Waals surface area contributed by atoms with E-state index in [4.69, 9.17) is 0 Å². The lowest BCUT2D eigenvalue weighted by molar-refractivity contribution is 0.101. The summed E-state index contributed by atoms with van der Waals surface area (Å²) in [5, 5.41) is 2.81. The van der Waals surface area contributed by atoms with Crippen molar-refractivity contribution in [2.75, 3.05) is 32.1 Å². The first kappa shape index (κ1) is 12.5. The quantitative estimate of drug-likeness (QED) is 0.771. The summed E-state index contributed by atoms with van der Waals surface area (Å²) in [5.41, 5.74) is 0.588. The summed E-state index contributed by atoms with van der Waals surface area (Å²) < 4.78 is 0. The molecule has 2 heterocycles. The first-order valence-electron chi connectivity index (χ1n) is 5.96. The van der Waals surface area contributed by atoms with Gasteiger partial charge in [-0.05, 0) is 33.0 Å². The number of hydrogen-bond acceptors (Lipinski definition) is 5. The van der Waals surface area contributed by atoms with Gasteiger partial charge in [-0.3, -0.25) is 4.79 Å². The van der Waals surface area contributed by atoms with Crippen molar-refractivity contribution < 1.29 is 4.79 Å². The molecule has 5 heteroatoms. The lowest BCUT2D eigenvalue weighted by Crippen LogP contribution is -2.41. The number of aromatic nitrogens is 1. The van der Waals surface area contributed by atoms with Gasteiger partial charge in [-0.1, -0.05) is 0 Å². The fourth-order valence-corrected chi connectivity index (χ4v) is 3.03. The molecule has 1 aliphatic rings. The molecule has 4 nitrogen and oxygen atoms in total. The standard InChI is InChI=1S/C12H19N3OS/c1-9(16)11-8-17-12(13-11)15(3)10-4-6-14(2)7-5-10/h8,10H,4-7H2,1-3H3. The number of carbonyl (C=O) groups is 1. The van der Waals surface area contributed by atoms with Gasteiger partial charge >= 0.3 is 0 Å². The Bertz CT molecular complexity index is 396. The number of piperidine rings is 1. The zero-order chi connectivity index (χ0) is 12.4. The Labute approximate surface area is 106 Å². The van der Waals surface area contributed by atoms with Crippen LogP contribution in [0.1, 0.15) is 30.3 Å². The molecule has 0 unspecified atom stereocenters. The minimum Gasteiger partial charge on any atom is -0.348 e. The molecule has 1 saturated heterocycles. The second-order valence-corrected chi connectivity index (χ2v) is 5.55. The van der Waals surface area contributed by atoms with Gasteiger partial charge in [0, 0.05) is 25.4 Å². The van der Waals surface area contributed by atoms with E-state index in [2.05, 4.69) is 28.9 Å². The maximum absolute atomic E-state index is 11.2. The van der Waals surface area contributed by atoms with E-state index in [0.29, 0.717) is 11.7 Å². The number of hydrogen-bond donors (Lipinski definition) is 0. The highest BCUT2D eigenvalue weighted by atomic mass is 32.1. The van der Waals surface area contributed by atoms with E-state index < -0.39 is 0 Å². The predicted octanol–water partition coefficient (Wildman–Crippen LogP) is 1.88. The third kappa shape index (κ3) is 2.84. The Morgan fingerprint density at radius 3 is 2.71 bits per heavy atom. The van der Waals surface area contributed by atoms with E-state index in [1.165, 1.54) is 12.8 Å². The third-order valence-corrected chi connectivity index (χ3v) is 4.32.